The zero-order valence-electron chi connectivity index (χ0n) is 21.4. The SMILES string of the molecule is O=c1c(O[C@@H]2O[C@H](CO)[C@H](O)[C@H](O)[C@@H]2O[C@@H]2OC[C@H](O)[C@@H](O)[C@H]2O)c(-c2ccc(O)c(O)c2)oc2cc(O)cc(O)c12. The highest BCUT2D eigenvalue weighted by molar-refractivity contribution is 5.88. The summed E-state index contributed by atoms with van der Waals surface area (Å²) in [6.07, 6.45) is -15.5. The number of ether oxygens (including phenoxy) is 4. The molecule has 10 N–H and O–H groups in total. The largest absolute Gasteiger partial charge is 0.508 e. The van der Waals surface area contributed by atoms with Gasteiger partial charge in [-0.2, -0.15) is 0 Å². The Hall–Kier alpha value is -3.71. The van der Waals surface area contributed by atoms with Crippen molar-refractivity contribution in [1.82, 2.24) is 0 Å². The molecule has 0 radical (unpaired) electrons. The first-order valence-corrected chi connectivity index (χ1v) is 12.6. The van der Waals surface area contributed by atoms with E-state index in [2.05, 4.69) is 0 Å². The monoisotopic (exact) mass is 596 g/mol. The number of fused-ring (bicyclic) bond motifs is 1. The Balaban J connectivity index is 1.62. The van der Waals surface area contributed by atoms with Crippen LogP contribution in [0.5, 0.6) is 28.7 Å². The lowest BCUT2D eigenvalue weighted by Gasteiger charge is -2.44. The van der Waals surface area contributed by atoms with E-state index in [1.165, 1.54) is 6.07 Å². The molecule has 0 unspecified atom stereocenters. The lowest BCUT2D eigenvalue weighted by molar-refractivity contribution is -0.345. The van der Waals surface area contributed by atoms with Crippen molar-refractivity contribution in [2.45, 2.75) is 55.3 Å². The summed E-state index contributed by atoms with van der Waals surface area (Å²) in [5, 5.41) is 101. The van der Waals surface area contributed by atoms with Gasteiger partial charge in [-0.1, -0.05) is 0 Å². The highest BCUT2D eigenvalue weighted by Gasteiger charge is 2.50. The number of aliphatic hydroxyl groups excluding tert-OH is 6. The molecule has 16 nitrogen and oxygen atoms in total. The fourth-order valence-corrected chi connectivity index (χ4v) is 4.70. The number of phenols is 4. The highest BCUT2D eigenvalue weighted by Crippen LogP contribution is 2.40. The maximum Gasteiger partial charge on any atom is 0.239 e. The molecule has 3 heterocycles. The fourth-order valence-electron chi connectivity index (χ4n) is 4.70. The molecule has 9 atom stereocenters. The normalized spacial score (nSPS) is 31.7. The standard InChI is InChI=1S/C26H28O16/c27-6-15-18(34)20(36)24(42-25-21(37)17(33)13(32)7-38-25)26(40-15)41-23-19(35)16-12(31)4-9(28)5-14(16)39-22(23)8-1-2-10(29)11(30)3-8/h1-5,13,15,17-18,20-21,24-34,36-37H,6-7H2/t13-,15+,17+,18-,20-,21+,24-,25-,26-/m0/s1. The van der Waals surface area contributed by atoms with E-state index in [1.807, 2.05) is 0 Å². The quantitative estimate of drug-likeness (QED) is 0.137. The van der Waals surface area contributed by atoms with Crippen LogP contribution in [-0.4, -0.2) is 120 Å². The van der Waals surface area contributed by atoms with Crippen LogP contribution in [0.25, 0.3) is 22.3 Å². The second kappa shape index (κ2) is 11.5. The highest BCUT2D eigenvalue weighted by atomic mass is 16.8. The third kappa shape index (κ3) is 5.31. The maximum absolute atomic E-state index is 13.7. The van der Waals surface area contributed by atoms with Gasteiger partial charge in [-0.05, 0) is 18.2 Å². The predicted octanol–water partition coefficient (Wildman–Crippen LogP) is -2.08. The second-order valence-corrected chi connectivity index (χ2v) is 9.81. The van der Waals surface area contributed by atoms with Crippen molar-refractivity contribution in [1.29, 1.82) is 0 Å². The fraction of sp³-hybridized carbons (Fsp3) is 0.423. The van der Waals surface area contributed by atoms with Crippen molar-refractivity contribution in [3.63, 3.8) is 0 Å². The molecular formula is C26H28O16. The average molecular weight is 596 g/mol. The molecule has 2 aromatic carbocycles. The van der Waals surface area contributed by atoms with Gasteiger partial charge in [0.25, 0.3) is 0 Å². The molecule has 0 bridgehead atoms. The van der Waals surface area contributed by atoms with Gasteiger partial charge in [-0.3, -0.25) is 4.79 Å². The first-order chi connectivity index (χ1) is 19.9. The van der Waals surface area contributed by atoms with Crippen molar-refractivity contribution in [2.75, 3.05) is 13.2 Å². The smallest absolute Gasteiger partial charge is 0.239 e. The first kappa shape index (κ1) is 29.8. The molecule has 2 aliphatic rings. The third-order valence-corrected chi connectivity index (χ3v) is 6.96. The molecule has 228 valence electrons. The molecule has 5 rings (SSSR count). The van der Waals surface area contributed by atoms with Crippen LogP contribution < -0.4 is 10.2 Å². The Morgan fingerprint density at radius 2 is 1.57 bits per heavy atom. The molecule has 0 saturated carbocycles. The summed E-state index contributed by atoms with van der Waals surface area (Å²) in [6, 6.07) is 5.21. The Kier molecular flexibility index (Phi) is 8.17. The number of aromatic hydroxyl groups is 4. The van der Waals surface area contributed by atoms with Gasteiger partial charge in [0.05, 0.1) is 13.2 Å². The number of aliphatic hydroxyl groups is 6. The van der Waals surface area contributed by atoms with Gasteiger partial charge >= 0.3 is 0 Å². The molecule has 2 aliphatic heterocycles. The van der Waals surface area contributed by atoms with Gasteiger partial charge in [-0.25, -0.2) is 0 Å². The number of benzene rings is 2. The first-order valence-electron chi connectivity index (χ1n) is 12.6. The summed E-state index contributed by atoms with van der Waals surface area (Å²) in [5.74, 6) is -3.39. The Bertz CT molecular complexity index is 1510. The number of phenolic OH excluding ortho intramolecular Hbond substituents is 4. The minimum absolute atomic E-state index is 0.0437. The van der Waals surface area contributed by atoms with Crippen molar-refractivity contribution >= 4 is 11.0 Å². The summed E-state index contributed by atoms with van der Waals surface area (Å²) in [5.41, 5.74) is -1.38. The van der Waals surface area contributed by atoms with Crippen LogP contribution in [0.15, 0.2) is 39.5 Å². The minimum Gasteiger partial charge on any atom is -0.508 e. The predicted molar refractivity (Wildman–Crippen MR) is 136 cm³/mol. The van der Waals surface area contributed by atoms with Gasteiger partial charge in [0.2, 0.25) is 17.5 Å². The second-order valence-electron chi connectivity index (χ2n) is 9.81. The van der Waals surface area contributed by atoms with Crippen LogP contribution in [0.1, 0.15) is 0 Å². The van der Waals surface area contributed by atoms with Crippen LogP contribution in [0.3, 0.4) is 0 Å². The van der Waals surface area contributed by atoms with E-state index in [4.69, 9.17) is 23.4 Å². The molecule has 1 aromatic heterocycles. The van der Waals surface area contributed by atoms with E-state index in [0.29, 0.717) is 0 Å². The Morgan fingerprint density at radius 1 is 0.833 bits per heavy atom. The third-order valence-electron chi connectivity index (χ3n) is 6.96. The van der Waals surface area contributed by atoms with Crippen LogP contribution in [0.2, 0.25) is 0 Å². The lowest BCUT2D eigenvalue weighted by atomic mass is 9.98. The van der Waals surface area contributed by atoms with E-state index in [-0.39, 0.29) is 11.1 Å². The Morgan fingerprint density at radius 3 is 2.26 bits per heavy atom. The topological polar surface area (TPSA) is 269 Å². The van der Waals surface area contributed by atoms with Crippen molar-refractivity contribution in [2.24, 2.45) is 0 Å². The molecule has 0 spiro atoms. The van der Waals surface area contributed by atoms with Gasteiger partial charge in [0.1, 0.15) is 59.1 Å². The van der Waals surface area contributed by atoms with Crippen LogP contribution in [0, 0.1) is 0 Å². The Labute approximate surface area is 235 Å². The number of rotatable bonds is 6. The molecule has 2 saturated heterocycles. The number of hydrogen-bond acceptors (Lipinski definition) is 16. The average Bonchev–Trinajstić information content (AvgIpc) is 2.94. The van der Waals surface area contributed by atoms with Gasteiger partial charge in [0.15, 0.2) is 29.7 Å². The summed E-state index contributed by atoms with van der Waals surface area (Å²) < 4.78 is 28.0. The van der Waals surface area contributed by atoms with Gasteiger partial charge in [-0.15, -0.1) is 0 Å². The maximum atomic E-state index is 13.7. The molecule has 0 amide bonds. The zero-order chi connectivity index (χ0) is 30.5. The summed E-state index contributed by atoms with van der Waals surface area (Å²) in [7, 11) is 0. The van der Waals surface area contributed by atoms with Crippen molar-refractivity contribution < 1.29 is 74.4 Å². The van der Waals surface area contributed by atoms with Crippen molar-refractivity contribution in [3.05, 3.63) is 40.6 Å². The molecule has 16 heteroatoms. The molecule has 3 aromatic rings. The molecular weight excluding hydrogens is 568 g/mol. The minimum atomic E-state index is -1.90. The van der Waals surface area contributed by atoms with Crippen LogP contribution >= 0.6 is 0 Å². The van der Waals surface area contributed by atoms with Crippen LogP contribution in [-0.2, 0) is 14.2 Å². The van der Waals surface area contributed by atoms with E-state index >= 15 is 0 Å². The van der Waals surface area contributed by atoms with Gasteiger partial charge < -0.3 is 74.4 Å². The van der Waals surface area contributed by atoms with Crippen molar-refractivity contribution in [3.8, 4) is 40.1 Å². The summed E-state index contributed by atoms with van der Waals surface area (Å²) >= 11 is 0. The lowest BCUT2D eigenvalue weighted by Crippen LogP contribution is -2.64. The van der Waals surface area contributed by atoms with E-state index in [1.54, 1.807) is 0 Å². The van der Waals surface area contributed by atoms with E-state index < -0.39 is 114 Å². The molecule has 0 aliphatic carbocycles. The summed E-state index contributed by atoms with van der Waals surface area (Å²) in [6.45, 7) is -1.31. The summed E-state index contributed by atoms with van der Waals surface area (Å²) in [4.78, 5) is 13.7. The van der Waals surface area contributed by atoms with E-state index in [9.17, 15) is 55.9 Å². The molecule has 42 heavy (non-hydrogen) atoms. The number of hydrogen-bond donors (Lipinski definition) is 10. The van der Waals surface area contributed by atoms with E-state index in [0.717, 1.165) is 24.3 Å². The zero-order valence-corrected chi connectivity index (χ0v) is 21.4. The van der Waals surface area contributed by atoms with Gasteiger partial charge in [0, 0.05) is 17.7 Å². The molecule has 2 fully saturated rings. The van der Waals surface area contributed by atoms with Crippen LogP contribution in [0.4, 0.5) is 0 Å².